The van der Waals surface area contributed by atoms with Crippen molar-refractivity contribution >= 4 is 27.4 Å². The van der Waals surface area contributed by atoms with E-state index in [1.807, 2.05) is 18.2 Å². The summed E-state index contributed by atoms with van der Waals surface area (Å²) in [5.41, 5.74) is -0.731. The lowest BCUT2D eigenvalue weighted by molar-refractivity contribution is -0.146. The Bertz CT molecular complexity index is 584. The molecule has 0 saturated carbocycles. The van der Waals surface area contributed by atoms with Gasteiger partial charge in [0.1, 0.15) is 5.75 Å². The molecule has 0 amide bonds. The first kappa shape index (κ1) is 12.9. The number of aliphatic carboxylic acids is 1. The van der Waals surface area contributed by atoms with E-state index in [1.54, 1.807) is 32.3 Å². The molecule has 3 nitrogen and oxygen atoms in total. The van der Waals surface area contributed by atoms with Gasteiger partial charge in [0.2, 0.25) is 0 Å². The minimum absolute atomic E-state index is 0.546. The van der Waals surface area contributed by atoms with Gasteiger partial charge < -0.3 is 9.84 Å². The molecule has 0 atom stereocenters. The summed E-state index contributed by atoms with van der Waals surface area (Å²) in [7, 11) is 1.64. The smallest absolute Gasteiger partial charge is 0.309 e. The summed E-state index contributed by atoms with van der Waals surface area (Å²) < 4.78 is 6.31. The number of carboxylic acid groups (broad SMARTS) is 1. The number of hydrogen-bond donors (Lipinski definition) is 1. The molecule has 18 heavy (non-hydrogen) atoms. The van der Waals surface area contributed by atoms with Gasteiger partial charge >= 0.3 is 5.97 Å². The fourth-order valence-electron chi connectivity index (χ4n) is 1.79. The highest BCUT2D eigenvalue weighted by Crippen LogP contribution is 2.33. The van der Waals surface area contributed by atoms with E-state index in [1.165, 1.54) is 0 Å². The van der Waals surface area contributed by atoms with Crippen molar-refractivity contribution in [2.75, 3.05) is 7.11 Å². The molecular weight excluding hydrogens is 248 g/mol. The maximum Gasteiger partial charge on any atom is 0.309 e. The van der Waals surface area contributed by atoms with Gasteiger partial charge in [-0.3, -0.25) is 4.79 Å². The quantitative estimate of drug-likeness (QED) is 0.918. The number of ether oxygens (including phenoxy) is 1. The number of benzene rings is 1. The number of fused-ring (bicyclic) bond motifs is 1. The minimum atomic E-state index is -0.766. The first-order chi connectivity index (χ1) is 8.42. The Morgan fingerprint density at radius 3 is 2.72 bits per heavy atom. The SMILES string of the molecule is COc1ccc2cc(CC(C)(C)C(=O)O)sc2c1. The highest BCUT2D eigenvalue weighted by molar-refractivity contribution is 7.19. The summed E-state index contributed by atoms with van der Waals surface area (Å²) in [5.74, 6) is 0.0610. The molecule has 0 aliphatic heterocycles. The van der Waals surface area contributed by atoms with Crippen LogP contribution in [-0.2, 0) is 11.2 Å². The van der Waals surface area contributed by atoms with Gasteiger partial charge in [0.25, 0.3) is 0 Å². The molecule has 0 unspecified atom stereocenters. The van der Waals surface area contributed by atoms with Crippen LogP contribution >= 0.6 is 11.3 Å². The Labute approximate surface area is 110 Å². The Balaban J connectivity index is 2.33. The molecule has 1 aromatic heterocycles. The average molecular weight is 264 g/mol. The van der Waals surface area contributed by atoms with E-state index in [4.69, 9.17) is 9.84 Å². The maximum atomic E-state index is 11.1. The number of thiophene rings is 1. The van der Waals surface area contributed by atoms with Crippen molar-refractivity contribution < 1.29 is 14.6 Å². The zero-order valence-electron chi connectivity index (χ0n) is 10.7. The van der Waals surface area contributed by atoms with Gasteiger partial charge in [0, 0.05) is 9.58 Å². The fraction of sp³-hybridized carbons (Fsp3) is 0.357. The Morgan fingerprint density at radius 2 is 2.11 bits per heavy atom. The zero-order chi connectivity index (χ0) is 13.3. The lowest BCUT2D eigenvalue weighted by Crippen LogP contribution is -2.25. The second-order valence-corrected chi connectivity index (χ2v) is 6.15. The van der Waals surface area contributed by atoms with E-state index < -0.39 is 11.4 Å². The van der Waals surface area contributed by atoms with Crippen LogP contribution in [0.3, 0.4) is 0 Å². The second kappa shape index (κ2) is 4.61. The van der Waals surface area contributed by atoms with E-state index in [-0.39, 0.29) is 0 Å². The second-order valence-electron chi connectivity index (χ2n) is 4.98. The van der Waals surface area contributed by atoms with E-state index in [0.29, 0.717) is 6.42 Å². The van der Waals surface area contributed by atoms with Crippen LogP contribution in [-0.4, -0.2) is 18.2 Å². The van der Waals surface area contributed by atoms with Crippen molar-refractivity contribution in [1.29, 1.82) is 0 Å². The average Bonchev–Trinajstić information content (AvgIpc) is 2.68. The van der Waals surface area contributed by atoms with Gasteiger partial charge in [-0.1, -0.05) is 0 Å². The van der Waals surface area contributed by atoms with Crippen LogP contribution in [0.4, 0.5) is 0 Å². The van der Waals surface area contributed by atoms with Crippen LogP contribution < -0.4 is 4.74 Å². The van der Waals surface area contributed by atoms with Crippen molar-refractivity contribution in [2.24, 2.45) is 5.41 Å². The molecular formula is C14H16O3S. The Hall–Kier alpha value is -1.55. The molecule has 0 radical (unpaired) electrons. The topological polar surface area (TPSA) is 46.5 Å². The van der Waals surface area contributed by atoms with Crippen LogP contribution in [0.15, 0.2) is 24.3 Å². The lowest BCUT2D eigenvalue weighted by Gasteiger charge is -2.17. The molecule has 2 rings (SSSR count). The lowest BCUT2D eigenvalue weighted by atomic mass is 9.89. The summed E-state index contributed by atoms with van der Waals surface area (Å²) >= 11 is 1.63. The molecule has 0 bridgehead atoms. The van der Waals surface area contributed by atoms with Crippen LogP contribution in [0.2, 0.25) is 0 Å². The van der Waals surface area contributed by atoms with Crippen molar-refractivity contribution in [3.05, 3.63) is 29.1 Å². The molecule has 0 aliphatic rings. The van der Waals surface area contributed by atoms with Crippen molar-refractivity contribution in [1.82, 2.24) is 0 Å². The number of rotatable bonds is 4. The van der Waals surface area contributed by atoms with E-state index in [0.717, 1.165) is 20.7 Å². The first-order valence-electron chi connectivity index (χ1n) is 5.72. The van der Waals surface area contributed by atoms with Gasteiger partial charge in [-0.2, -0.15) is 0 Å². The number of carbonyl (C=O) groups is 1. The third-order valence-electron chi connectivity index (χ3n) is 2.97. The minimum Gasteiger partial charge on any atom is -0.497 e. The molecule has 2 aromatic rings. The third kappa shape index (κ3) is 2.48. The van der Waals surface area contributed by atoms with Crippen molar-refractivity contribution in [2.45, 2.75) is 20.3 Å². The van der Waals surface area contributed by atoms with Gasteiger partial charge in [0.15, 0.2) is 0 Å². The molecule has 1 heterocycles. The third-order valence-corrected chi connectivity index (χ3v) is 4.07. The van der Waals surface area contributed by atoms with Gasteiger partial charge in [-0.25, -0.2) is 0 Å². The largest absolute Gasteiger partial charge is 0.497 e. The predicted octanol–water partition coefficient (Wildman–Crippen LogP) is 3.56. The van der Waals surface area contributed by atoms with E-state index in [9.17, 15) is 4.79 Å². The Kier molecular flexibility index (Phi) is 3.30. The van der Waals surface area contributed by atoms with E-state index in [2.05, 4.69) is 6.07 Å². The standard InChI is InChI=1S/C14H16O3S/c1-14(2,13(15)16)8-11-6-9-4-5-10(17-3)7-12(9)18-11/h4-7H,8H2,1-3H3,(H,15,16). The van der Waals surface area contributed by atoms with E-state index >= 15 is 0 Å². The molecule has 96 valence electrons. The predicted molar refractivity (Wildman–Crippen MR) is 73.5 cm³/mol. The molecule has 0 fully saturated rings. The molecule has 1 N–H and O–H groups in total. The van der Waals surface area contributed by atoms with Gasteiger partial charge in [0.05, 0.1) is 12.5 Å². The summed E-state index contributed by atoms with van der Waals surface area (Å²) in [6, 6.07) is 7.96. The Morgan fingerprint density at radius 1 is 1.39 bits per heavy atom. The summed E-state index contributed by atoms with van der Waals surface area (Å²) in [4.78, 5) is 12.2. The highest BCUT2D eigenvalue weighted by Gasteiger charge is 2.28. The van der Waals surface area contributed by atoms with Crippen molar-refractivity contribution in [3.63, 3.8) is 0 Å². The summed E-state index contributed by atoms with van der Waals surface area (Å²) in [5, 5.41) is 10.3. The highest BCUT2D eigenvalue weighted by atomic mass is 32.1. The van der Waals surface area contributed by atoms with Crippen molar-refractivity contribution in [3.8, 4) is 5.75 Å². The monoisotopic (exact) mass is 264 g/mol. The molecule has 0 saturated heterocycles. The van der Waals surface area contributed by atoms with Crippen LogP contribution in [0.25, 0.3) is 10.1 Å². The van der Waals surface area contributed by atoms with Crippen LogP contribution in [0, 0.1) is 5.41 Å². The summed E-state index contributed by atoms with van der Waals surface area (Å²) in [6.45, 7) is 3.50. The van der Waals surface area contributed by atoms with Crippen LogP contribution in [0.5, 0.6) is 5.75 Å². The first-order valence-corrected chi connectivity index (χ1v) is 6.54. The summed E-state index contributed by atoms with van der Waals surface area (Å²) in [6.07, 6.45) is 0.546. The molecule has 4 heteroatoms. The fourth-order valence-corrected chi connectivity index (χ4v) is 3.11. The number of carboxylic acids is 1. The maximum absolute atomic E-state index is 11.1. The number of methoxy groups -OCH3 is 1. The molecule has 1 aromatic carbocycles. The number of hydrogen-bond acceptors (Lipinski definition) is 3. The molecule has 0 spiro atoms. The molecule has 0 aliphatic carbocycles. The van der Waals surface area contributed by atoms with Gasteiger partial charge in [-0.05, 0) is 49.9 Å². The normalized spacial score (nSPS) is 11.7. The van der Waals surface area contributed by atoms with Crippen LogP contribution in [0.1, 0.15) is 18.7 Å². The zero-order valence-corrected chi connectivity index (χ0v) is 11.5. The van der Waals surface area contributed by atoms with Gasteiger partial charge in [-0.15, -0.1) is 11.3 Å².